The van der Waals surface area contributed by atoms with Crippen LogP contribution in [0.3, 0.4) is 0 Å². The third-order valence-electron chi connectivity index (χ3n) is 2.39. The minimum absolute atomic E-state index is 0.737. The normalized spacial score (nSPS) is 10.6. The number of hydrogen-bond acceptors (Lipinski definition) is 3. The molecule has 0 amide bonds. The van der Waals surface area contributed by atoms with Crippen LogP contribution in [0, 0.1) is 0 Å². The standard InChI is InChI=1S/C13H15NOS/c16-8-4-3-7-15-12-9-11-5-1-2-6-13(11)14-10-12/h1-2,5-6,9-10,16H,3-4,7-8H2. The van der Waals surface area contributed by atoms with E-state index in [1.807, 2.05) is 30.3 Å². The maximum atomic E-state index is 5.62. The van der Waals surface area contributed by atoms with Gasteiger partial charge in [-0.3, -0.25) is 4.98 Å². The molecule has 0 saturated heterocycles. The van der Waals surface area contributed by atoms with E-state index in [2.05, 4.69) is 17.6 Å². The SMILES string of the molecule is SCCCCOc1cnc2ccccc2c1. The van der Waals surface area contributed by atoms with Crippen molar-refractivity contribution < 1.29 is 4.74 Å². The predicted octanol–water partition coefficient (Wildman–Crippen LogP) is 3.32. The zero-order chi connectivity index (χ0) is 11.2. The molecule has 1 aromatic carbocycles. The van der Waals surface area contributed by atoms with Crippen molar-refractivity contribution in [2.75, 3.05) is 12.4 Å². The van der Waals surface area contributed by atoms with Crippen LogP contribution in [-0.4, -0.2) is 17.3 Å². The molecule has 0 radical (unpaired) electrons. The summed E-state index contributed by atoms with van der Waals surface area (Å²) in [4.78, 5) is 4.34. The zero-order valence-electron chi connectivity index (χ0n) is 9.10. The lowest BCUT2D eigenvalue weighted by Crippen LogP contribution is -1.98. The van der Waals surface area contributed by atoms with Gasteiger partial charge in [-0.15, -0.1) is 0 Å². The second kappa shape index (κ2) is 5.75. The fourth-order valence-corrected chi connectivity index (χ4v) is 1.76. The van der Waals surface area contributed by atoms with Gasteiger partial charge in [0, 0.05) is 5.39 Å². The van der Waals surface area contributed by atoms with Gasteiger partial charge in [0.1, 0.15) is 5.75 Å². The first-order valence-corrected chi connectivity index (χ1v) is 6.12. The quantitative estimate of drug-likeness (QED) is 0.632. The molecular weight excluding hydrogens is 218 g/mol. The van der Waals surface area contributed by atoms with Crippen LogP contribution in [-0.2, 0) is 0 Å². The summed E-state index contributed by atoms with van der Waals surface area (Å²) in [6.07, 6.45) is 3.91. The molecule has 0 fully saturated rings. The number of thiol groups is 1. The lowest BCUT2D eigenvalue weighted by molar-refractivity contribution is 0.309. The van der Waals surface area contributed by atoms with Gasteiger partial charge in [0.15, 0.2) is 0 Å². The fraction of sp³-hybridized carbons (Fsp3) is 0.308. The monoisotopic (exact) mass is 233 g/mol. The first kappa shape index (κ1) is 11.3. The number of unbranched alkanes of at least 4 members (excludes halogenated alkanes) is 1. The molecule has 0 unspecified atom stereocenters. The van der Waals surface area contributed by atoms with Crippen molar-refractivity contribution in [3.8, 4) is 5.75 Å². The molecular formula is C13H15NOS. The van der Waals surface area contributed by atoms with Crippen LogP contribution in [0.2, 0.25) is 0 Å². The highest BCUT2D eigenvalue weighted by Gasteiger charge is 1.97. The number of pyridine rings is 1. The van der Waals surface area contributed by atoms with Gasteiger partial charge >= 0.3 is 0 Å². The Hall–Kier alpha value is -1.22. The van der Waals surface area contributed by atoms with E-state index in [9.17, 15) is 0 Å². The molecule has 0 aliphatic carbocycles. The van der Waals surface area contributed by atoms with Crippen LogP contribution in [0.4, 0.5) is 0 Å². The maximum Gasteiger partial charge on any atom is 0.138 e. The van der Waals surface area contributed by atoms with E-state index in [4.69, 9.17) is 4.74 Å². The summed E-state index contributed by atoms with van der Waals surface area (Å²) in [6.45, 7) is 0.737. The van der Waals surface area contributed by atoms with Gasteiger partial charge in [-0.2, -0.15) is 12.6 Å². The molecule has 2 rings (SSSR count). The molecule has 0 saturated carbocycles. The van der Waals surface area contributed by atoms with Gasteiger partial charge in [-0.1, -0.05) is 18.2 Å². The van der Waals surface area contributed by atoms with E-state index in [0.717, 1.165) is 41.9 Å². The molecule has 16 heavy (non-hydrogen) atoms. The Labute approximate surface area is 101 Å². The maximum absolute atomic E-state index is 5.62. The summed E-state index contributed by atoms with van der Waals surface area (Å²) >= 11 is 4.16. The van der Waals surface area contributed by atoms with Crippen LogP contribution in [0.1, 0.15) is 12.8 Å². The Morgan fingerprint density at radius 1 is 1.19 bits per heavy atom. The summed E-state index contributed by atoms with van der Waals surface area (Å²) in [7, 11) is 0. The summed E-state index contributed by atoms with van der Waals surface area (Å²) in [5, 5.41) is 1.12. The molecule has 84 valence electrons. The summed E-state index contributed by atoms with van der Waals surface area (Å²) in [6, 6.07) is 10.1. The van der Waals surface area contributed by atoms with Crippen molar-refractivity contribution in [1.82, 2.24) is 4.98 Å². The number of rotatable bonds is 5. The molecule has 1 heterocycles. The summed E-state index contributed by atoms with van der Waals surface area (Å²) in [5.74, 6) is 1.76. The summed E-state index contributed by atoms with van der Waals surface area (Å²) in [5.41, 5.74) is 1.00. The zero-order valence-corrected chi connectivity index (χ0v) is 9.99. The highest BCUT2D eigenvalue weighted by Crippen LogP contribution is 2.17. The van der Waals surface area contributed by atoms with Gasteiger partial charge in [0.05, 0.1) is 18.3 Å². The Bertz CT molecular complexity index is 458. The van der Waals surface area contributed by atoms with E-state index in [1.165, 1.54) is 0 Å². The summed E-state index contributed by atoms with van der Waals surface area (Å²) < 4.78 is 5.62. The number of fused-ring (bicyclic) bond motifs is 1. The van der Waals surface area contributed by atoms with Crippen molar-refractivity contribution in [3.05, 3.63) is 36.5 Å². The predicted molar refractivity (Wildman–Crippen MR) is 70.3 cm³/mol. The fourth-order valence-electron chi connectivity index (χ4n) is 1.53. The van der Waals surface area contributed by atoms with Crippen LogP contribution in [0.15, 0.2) is 36.5 Å². The van der Waals surface area contributed by atoms with E-state index < -0.39 is 0 Å². The minimum Gasteiger partial charge on any atom is -0.492 e. The number of aromatic nitrogens is 1. The smallest absolute Gasteiger partial charge is 0.138 e. The lowest BCUT2D eigenvalue weighted by atomic mass is 10.2. The van der Waals surface area contributed by atoms with Crippen LogP contribution >= 0.6 is 12.6 Å². The third kappa shape index (κ3) is 2.89. The van der Waals surface area contributed by atoms with Crippen LogP contribution < -0.4 is 4.74 Å². The number of nitrogens with zero attached hydrogens (tertiary/aromatic N) is 1. The average molecular weight is 233 g/mol. The van der Waals surface area contributed by atoms with Gasteiger partial charge in [0.25, 0.3) is 0 Å². The highest BCUT2D eigenvalue weighted by atomic mass is 32.1. The number of hydrogen-bond donors (Lipinski definition) is 1. The molecule has 0 aliphatic rings. The van der Waals surface area contributed by atoms with E-state index >= 15 is 0 Å². The molecule has 0 atom stereocenters. The van der Waals surface area contributed by atoms with Crippen LogP contribution in [0.25, 0.3) is 10.9 Å². The molecule has 0 N–H and O–H groups in total. The van der Waals surface area contributed by atoms with Crippen molar-refractivity contribution in [3.63, 3.8) is 0 Å². The molecule has 0 bridgehead atoms. The molecule has 2 aromatic rings. The highest BCUT2D eigenvalue weighted by molar-refractivity contribution is 7.80. The first-order chi connectivity index (χ1) is 7.90. The third-order valence-corrected chi connectivity index (χ3v) is 2.70. The Morgan fingerprint density at radius 3 is 2.94 bits per heavy atom. The van der Waals surface area contributed by atoms with E-state index in [-0.39, 0.29) is 0 Å². The lowest BCUT2D eigenvalue weighted by Gasteiger charge is -2.05. The number of ether oxygens (including phenoxy) is 1. The molecule has 3 heteroatoms. The molecule has 0 aliphatic heterocycles. The average Bonchev–Trinajstić information content (AvgIpc) is 2.34. The van der Waals surface area contributed by atoms with Gasteiger partial charge in [-0.05, 0) is 30.7 Å². The molecule has 1 aromatic heterocycles. The van der Waals surface area contributed by atoms with Crippen LogP contribution in [0.5, 0.6) is 5.75 Å². The van der Waals surface area contributed by atoms with Gasteiger partial charge in [0.2, 0.25) is 0 Å². The van der Waals surface area contributed by atoms with Gasteiger partial charge in [-0.25, -0.2) is 0 Å². The largest absolute Gasteiger partial charge is 0.492 e. The Morgan fingerprint density at radius 2 is 2.06 bits per heavy atom. The molecule has 2 nitrogen and oxygen atoms in total. The van der Waals surface area contributed by atoms with Gasteiger partial charge < -0.3 is 4.74 Å². The Balaban J connectivity index is 2.02. The topological polar surface area (TPSA) is 22.1 Å². The van der Waals surface area contributed by atoms with Crippen molar-refractivity contribution >= 4 is 23.5 Å². The number of para-hydroxylation sites is 1. The van der Waals surface area contributed by atoms with Crippen molar-refractivity contribution in [2.45, 2.75) is 12.8 Å². The minimum atomic E-state index is 0.737. The van der Waals surface area contributed by atoms with Crippen molar-refractivity contribution in [2.24, 2.45) is 0 Å². The van der Waals surface area contributed by atoms with E-state index in [0.29, 0.717) is 0 Å². The van der Waals surface area contributed by atoms with Crippen molar-refractivity contribution in [1.29, 1.82) is 0 Å². The second-order valence-electron chi connectivity index (χ2n) is 3.64. The Kier molecular flexibility index (Phi) is 4.05. The molecule has 0 spiro atoms. The number of benzene rings is 1. The van der Waals surface area contributed by atoms with E-state index in [1.54, 1.807) is 6.20 Å². The first-order valence-electron chi connectivity index (χ1n) is 5.48. The second-order valence-corrected chi connectivity index (χ2v) is 4.09.